The molecule has 1 fully saturated rings. The lowest BCUT2D eigenvalue weighted by atomic mass is 10.3. The van der Waals surface area contributed by atoms with E-state index in [-0.39, 0.29) is 0 Å². The number of hydrogen-bond donors (Lipinski definition) is 0. The Labute approximate surface area is 75.0 Å². The first-order valence-corrected chi connectivity index (χ1v) is 4.33. The van der Waals surface area contributed by atoms with Crippen molar-refractivity contribution >= 4 is 11.2 Å². The van der Waals surface area contributed by atoms with E-state index in [1.54, 1.807) is 12.5 Å². The molecule has 1 aliphatic heterocycles. The van der Waals surface area contributed by atoms with Crippen molar-refractivity contribution < 1.29 is 0 Å². The summed E-state index contributed by atoms with van der Waals surface area (Å²) in [6.45, 7) is 2.20. The van der Waals surface area contributed by atoms with Gasteiger partial charge in [0.15, 0.2) is 5.65 Å². The predicted molar refractivity (Wildman–Crippen MR) is 47.9 cm³/mol. The van der Waals surface area contributed by atoms with Gasteiger partial charge in [-0.1, -0.05) is 0 Å². The molecular weight excluding hydrogens is 166 g/mol. The van der Waals surface area contributed by atoms with Crippen LogP contribution in [0.25, 0.3) is 11.2 Å². The smallest absolute Gasteiger partial charge is 0.182 e. The van der Waals surface area contributed by atoms with Crippen LogP contribution in [0.15, 0.2) is 18.9 Å². The van der Waals surface area contributed by atoms with Gasteiger partial charge in [0.2, 0.25) is 0 Å². The van der Waals surface area contributed by atoms with Gasteiger partial charge in [-0.3, -0.25) is 0 Å². The van der Waals surface area contributed by atoms with E-state index in [4.69, 9.17) is 0 Å². The van der Waals surface area contributed by atoms with Crippen molar-refractivity contribution in [2.75, 3.05) is 18.1 Å². The Kier molecular flexibility index (Phi) is 1.27. The van der Waals surface area contributed by atoms with E-state index in [2.05, 4.69) is 20.0 Å². The van der Waals surface area contributed by atoms with Crippen molar-refractivity contribution in [2.24, 2.45) is 0 Å². The van der Waals surface area contributed by atoms with Crippen LogP contribution < -0.4 is 5.01 Å². The summed E-state index contributed by atoms with van der Waals surface area (Å²) < 4.78 is 2.03. The van der Waals surface area contributed by atoms with E-state index < -0.39 is 0 Å². The van der Waals surface area contributed by atoms with Gasteiger partial charge in [-0.15, -0.1) is 0 Å². The summed E-state index contributed by atoms with van der Waals surface area (Å²) in [5, 5.41) is 2.22. The minimum absolute atomic E-state index is 0.766. The molecule has 0 amide bonds. The van der Waals surface area contributed by atoms with Crippen molar-refractivity contribution in [3.8, 4) is 0 Å². The van der Waals surface area contributed by atoms with Crippen molar-refractivity contribution in [2.45, 2.75) is 6.42 Å². The van der Waals surface area contributed by atoms with Gasteiger partial charge >= 0.3 is 0 Å². The second-order valence-corrected chi connectivity index (χ2v) is 3.13. The number of rotatable bonds is 1. The average molecular weight is 175 g/mol. The molecule has 0 saturated carbocycles. The van der Waals surface area contributed by atoms with Gasteiger partial charge in [0.05, 0.1) is 6.20 Å². The minimum Gasteiger partial charge on any atom is -0.311 e. The zero-order valence-corrected chi connectivity index (χ0v) is 7.09. The van der Waals surface area contributed by atoms with Crippen LogP contribution in [0.3, 0.4) is 0 Å². The first-order chi connectivity index (χ1) is 6.45. The van der Waals surface area contributed by atoms with Crippen LogP contribution >= 0.6 is 0 Å². The molecule has 3 rings (SSSR count). The van der Waals surface area contributed by atoms with E-state index in [0.717, 1.165) is 24.3 Å². The average Bonchev–Trinajstić information content (AvgIpc) is 2.47. The molecule has 1 saturated heterocycles. The number of fused-ring (bicyclic) bond motifs is 1. The van der Waals surface area contributed by atoms with Gasteiger partial charge in [-0.2, -0.15) is 0 Å². The lowest BCUT2D eigenvalue weighted by Gasteiger charge is -2.33. The van der Waals surface area contributed by atoms with Gasteiger partial charge in [0.25, 0.3) is 0 Å². The molecule has 0 bridgehead atoms. The van der Waals surface area contributed by atoms with Crippen LogP contribution in [0.4, 0.5) is 0 Å². The molecule has 0 aromatic carbocycles. The molecule has 0 N–H and O–H groups in total. The summed E-state index contributed by atoms with van der Waals surface area (Å²) in [5.41, 5.74) is 1.75. The largest absolute Gasteiger partial charge is 0.311 e. The van der Waals surface area contributed by atoms with Crippen molar-refractivity contribution in [1.29, 1.82) is 0 Å². The molecule has 0 aliphatic carbocycles. The van der Waals surface area contributed by atoms with Gasteiger partial charge in [0, 0.05) is 13.1 Å². The molecule has 0 atom stereocenters. The van der Waals surface area contributed by atoms with Gasteiger partial charge in [-0.25, -0.2) is 19.6 Å². The predicted octanol–water partition coefficient (Wildman–Crippen LogP) is 0.168. The monoisotopic (exact) mass is 175 g/mol. The molecule has 0 spiro atoms. The normalized spacial score (nSPS) is 16.2. The van der Waals surface area contributed by atoms with Crippen LogP contribution in [-0.4, -0.2) is 32.7 Å². The maximum Gasteiger partial charge on any atom is 0.182 e. The van der Waals surface area contributed by atoms with Crippen molar-refractivity contribution in [3.05, 3.63) is 18.9 Å². The van der Waals surface area contributed by atoms with E-state index in [1.807, 2.05) is 4.68 Å². The highest BCUT2D eigenvalue weighted by atomic mass is 15.6. The second-order valence-electron chi connectivity index (χ2n) is 3.13. The summed E-state index contributed by atoms with van der Waals surface area (Å²) in [4.78, 5) is 12.3. The summed E-state index contributed by atoms with van der Waals surface area (Å²) in [6, 6.07) is 0. The first kappa shape index (κ1) is 6.82. The zero-order chi connectivity index (χ0) is 8.67. The lowest BCUT2D eigenvalue weighted by molar-refractivity contribution is 0.479. The third-order valence-electron chi connectivity index (χ3n) is 2.35. The Morgan fingerprint density at radius 3 is 2.92 bits per heavy atom. The molecule has 0 unspecified atom stereocenters. The summed E-state index contributed by atoms with van der Waals surface area (Å²) >= 11 is 0. The van der Waals surface area contributed by atoms with E-state index in [0.29, 0.717) is 0 Å². The van der Waals surface area contributed by atoms with Gasteiger partial charge in [0.1, 0.15) is 18.2 Å². The molecule has 5 heteroatoms. The van der Waals surface area contributed by atoms with Crippen molar-refractivity contribution in [1.82, 2.24) is 19.6 Å². The Morgan fingerprint density at radius 2 is 2.15 bits per heavy atom. The molecule has 0 radical (unpaired) electrons. The van der Waals surface area contributed by atoms with E-state index >= 15 is 0 Å². The Morgan fingerprint density at radius 1 is 1.23 bits per heavy atom. The van der Waals surface area contributed by atoms with Gasteiger partial charge < -0.3 is 5.01 Å². The number of hydrogen-bond acceptors (Lipinski definition) is 4. The Bertz CT molecular complexity index is 431. The highest BCUT2D eigenvalue weighted by Crippen LogP contribution is 2.12. The first-order valence-electron chi connectivity index (χ1n) is 4.33. The maximum atomic E-state index is 4.19. The number of imidazole rings is 1. The maximum absolute atomic E-state index is 4.19. The lowest BCUT2D eigenvalue weighted by Crippen LogP contribution is -2.45. The fourth-order valence-electron chi connectivity index (χ4n) is 1.49. The van der Waals surface area contributed by atoms with Crippen LogP contribution in [0.5, 0.6) is 0 Å². The van der Waals surface area contributed by atoms with Crippen LogP contribution in [0.2, 0.25) is 0 Å². The Balaban J connectivity index is 2.17. The molecule has 2 aromatic rings. The number of aromatic nitrogens is 4. The third-order valence-corrected chi connectivity index (χ3v) is 2.35. The highest BCUT2D eigenvalue weighted by molar-refractivity contribution is 5.69. The molecule has 1 aliphatic rings. The second kappa shape index (κ2) is 2.42. The minimum atomic E-state index is 0.766. The number of nitrogens with zero attached hydrogens (tertiary/aromatic N) is 5. The fourth-order valence-corrected chi connectivity index (χ4v) is 1.49. The molecule has 5 nitrogen and oxygen atoms in total. The highest BCUT2D eigenvalue weighted by Gasteiger charge is 2.16. The topological polar surface area (TPSA) is 46.8 Å². The molecular formula is C8H9N5. The van der Waals surface area contributed by atoms with Crippen LogP contribution in [-0.2, 0) is 0 Å². The van der Waals surface area contributed by atoms with E-state index in [1.165, 1.54) is 12.7 Å². The quantitative estimate of drug-likeness (QED) is 0.619. The van der Waals surface area contributed by atoms with Crippen LogP contribution in [0.1, 0.15) is 6.42 Å². The molecule has 2 aromatic heterocycles. The molecule has 13 heavy (non-hydrogen) atoms. The SMILES string of the molecule is c1ncc2c(n1)ncn2N1CCC1. The standard InChI is InChI=1S/C8H9N5/c1-2-12(3-1)13-6-11-8-7(13)4-9-5-10-8/h4-6H,1-3H2. The van der Waals surface area contributed by atoms with E-state index in [9.17, 15) is 0 Å². The summed E-state index contributed by atoms with van der Waals surface area (Å²) in [7, 11) is 0. The zero-order valence-electron chi connectivity index (χ0n) is 7.09. The molecule has 66 valence electrons. The third kappa shape index (κ3) is 0.898. The Hall–Kier alpha value is -1.65. The van der Waals surface area contributed by atoms with Crippen molar-refractivity contribution in [3.63, 3.8) is 0 Å². The van der Waals surface area contributed by atoms with Crippen LogP contribution in [0, 0.1) is 0 Å². The van der Waals surface area contributed by atoms with Gasteiger partial charge in [-0.05, 0) is 6.42 Å². The molecule has 3 heterocycles. The fraction of sp³-hybridized carbons (Fsp3) is 0.375. The summed E-state index contributed by atoms with van der Waals surface area (Å²) in [6.07, 6.45) is 6.38. The summed E-state index contributed by atoms with van der Waals surface area (Å²) in [5.74, 6) is 0.